The van der Waals surface area contributed by atoms with Gasteiger partial charge in [0, 0.05) is 17.9 Å². The lowest BCUT2D eigenvalue weighted by atomic mass is 9.64. The molecule has 148 valence electrons. The molecule has 0 saturated heterocycles. The Bertz CT molecular complexity index is 767. The van der Waals surface area contributed by atoms with E-state index in [2.05, 4.69) is 0 Å². The number of methoxy groups -OCH3 is 3. The monoisotopic (exact) mass is 378 g/mol. The maximum Gasteiger partial charge on any atom is 0.203 e. The smallest absolute Gasteiger partial charge is 0.203 e. The summed E-state index contributed by atoms with van der Waals surface area (Å²) in [5.41, 5.74) is -0.905. The Kier molecular flexibility index (Phi) is 5.85. The zero-order chi connectivity index (χ0) is 20.5. The largest absolute Gasteiger partial charge is 0.512 e. The number of allylic oxidation sites excluding steroid dienone is 1. The molecule has 0 spiro atoms. The first kappa shape index (κ1) is 20.8. The van der Waals surface area contributed by atoms with Gasteiger partial charge in [-0.25, -0.2) is 0 Å². The van der Waals surface area contributed by atoms with Crippen molar-refractivity contribution in [1.29, 1.82) is 0 Å². The number of ketones is 2. The number of Topliss-reactive ketones (excluding diaryl/α,β-unsaturated/α-hetero) is 2. The molecule has 0 amide bonds. The summed E-state index contributed by atoms with van der Waals surface area (Å²) in [6.07, 6.45) is -0.174. The van der Waals surface area contributed by atoms with Crippen molar-refractivity contribution in [3.63, 3.8) is 0 Å². The van der Waals surface area contributed by atoms with Crippen molar-refractivity contribution in [2.24, 2.45) is 5.92 Å². The summed E-state index contributed by atoms with van der Waals surface area (Å²) in [6.45, 7) is 4.18. The fraction of sp³-hybridized carbons (Fsp3) is 0.500. The molecule has 27 heavy (non-hydrogen) atoms. The van der Waals surface area contributed by atoms with E-state index in [1.54, 1.807) is 12.1 Å². The maximum absolute atomic E-state index is 12.4. The second-order valence-electron chi connectivity index (χ2n) is 6.98. The highest BCUT2D eigenvalue weighted by atomic mass is 16.5. The summed E-state index contributed by atoms with van der Waals surface area (Å²) in [5.74, 6) is -1.58. The minimum atomic E-state index is -1.51. The summed E-state index contributed by atoms with van der Waals surface area (Å²) in [4.78, 5) is 24.7. The first-order chi connectivity index (χ1) is 12.6. The Morgan fingerprint density at radius 2 is 1.59 bits per heavy atom. The lowest BCUT2D eigenvalue weighted by Crippen LogP contribution is -2.47. The van der Waals surface area contributed by atoms with Crippen molar-refractivity contribution in [2.75, 3.05) is 21.3 Å². The summed E-state index contributed by atoms with van der Waals surface area (Å²) < 4.78 is 16.0. The summed E-state index contributed by atoms with van der Waals surface area (Å²) >= 11 is 0. The highest BCUT2D eigenvalue weighted by Crippen LogP contribution is 2.50. The summed E-state index contributed by atoms with van der Waals surface area (Å²) in [7, 11) is 4.38. The third-order valence-electron chi connectivity index (χ3n) is 5.01. The van der Waals surface area contributed by atoms with Gasteiger partial charge in [-0.05, 0) is 38.5 Å². The van der Waals surface area contributed by atoms with Gasteiger partial charge >= 0.3 is 0 Å². The fourth-order valence-corrected chi connectivity index (χ4v) is 3.98. The van der Waals surface area contributed by atoms with Crippen LogP contribution in [0.3, 0.4) is 0 Å². The van der Waals surface area contributed by atoms with E-state index in [4.69, 9.17) is 14.2 Å². The SMILES string of the molecule is COc1cc([C@@H]2C(C(C)=O)=C(O)C[C@](C)(O)[C@H]2C(C)=O)cc(OC)c1OC. The zero-order valence-corrected chi connectivity index (χ0v) is 16.5. The number of ether oxygens (including phenoxy) is 3. The number of carbonyl (C=O) groups is 2. The van der Waals surface area contributed by atoms with Gasteiger partial charge in [0.2, 0.25) is 5.75 Å². The van der Waals surface area contributed by atoms with Crippen LogP contribution in [0.4, 0.5) is 0 Å². The number of hydrogen-bond donors (Lipinski definition) is 2. The van der Waals surface area contributed by atoms with Crippen LogP contribution in [0.5, 0.6) is 17.2 Å². The van der Waals surface area contributed by atoms with E-state index in [0.29, 0.717) is 22.8 Å². The van der Waals surface area contributed by atoms with Crippen LogP contribution in [0.25, 0.3) is 0 Å². The van der Waals surface area contributed by atoms with E-state index in [1.807, 2.05) is 0 Å². The zero-order valence-electron chi connectivity index (χ0n) is 16.5. The molecular weight excluding hydrogens is 352 g/mol. The normalized spacial score (nSPS) is 25.1. The molecule has 1 aliphatic carbocycles. The third kappa shape index (κ3) is 3.64. The molecule has 0 bridgehead atoms. The fourth-order valence-electron chi connectivity index (χ4n) is 3.98. The van der Waals surface area contributed by atoms with Crippen LogP contribution in [-0.2, 0) is 9.59 Å². The van der Waals surface area contributed by atoms with Gasteiger partial charge < -0.3 is 24.4 Å². The number of aliphatic hydroxyl groups excluding tert-OH is 1. The quantitative estimate of drug-likeness (QED) is 0.784. The molecule has 0 saturated carbocycles. The van der Waals surface area contributed by atoms with Gasteiger partial charge in [0.15, 0.2) is 17.3 Å². The molecular formula is C20H26O7. The maximum atomic E-state index is 12.4. The van der Waals surface area contributed by atoms with Crippen molar-refractivity contribution in [3.8, 4) is 17.2 Å². The Balaban J connectivity index is 2.82. The Morgan fingerprint density at radius 1 is 1.07 bits per heavy atom. The topological polar surface area (TPSA) is 102 Å². The first-order valence-corrected chi connectivity index (χ1v) is 8.54. The molecule has 0 heterocycles. The summed E-state index contributed by atoms with van der Waals surface area (Å²) in [5, 5.41) is 21.3. The molecule has 1 aliphatic rings. The van der Waals surface area contributed by atoms with Crippen molar-refractivity contribution >= 4 is 11.6 Å². The van der Waals surface area contributed by atoms with Crippen LogP contribution in [0.2, 0.25) is 0 Å². The first-order valence-electron chi connectivity index (χ1n) is 8.54. The van der Waals surface area contributed by atoms with Gasteiger partial charge in [0.05, 0.1) is 32.8 Å². The predicted molar refractivity (Wildman–Crippen MR) is 98.6 cm³/mol. The van der Waals surface area contributed by atoms with E-state index < -0.39 is 17.4 Å². The molecule has 0 unspecified atom stereocenters. The van der Waals surface area contributed by atoms with Crippen molar-refractivity contribution < 1.29 is 34.0 Å². The van der Waals surface area contributed by atoms with Gasteiger partial charge in [-0.2, -0.15) is 0 Å². The third-order valence-corrected chi connectivity index (χ3v) is 5.01. The predicted octanol–water partition coefficient (Wildman–Crippen LogP) is 2.56. The van der Waals surface area contributed by atoms with Crippen LogP contribution < -0.4 is 14.2 Å². The minimum absolute atomic E-state index is 0.107. The average molecular weight is 378 g/mol. The molecule has 1 aromatic rings. The lowest BCUT2D eigenvalue weighted by Gasteiger charge is -2.42. The van der Waals surface area contributed by atoms with Crippen molar-refractivity contribution in [1.82, 2.24) is 0 Å². The molecule has 0 fully saturated rings. The van der Waals surface area contributed by atoms with Crippen LogP contribution in [0.15, 0.2) is 23.5 Å². The molecule has 7 heteroatoms. The van der Waals surface area contributed by atoms with Gasteiger partial charge in [0.25, 0.3) is 0 Å². The highest BCUT2D eigenvalue weighted by Gasteiger charge is 2.49. The van der Waals surface area contributed by atoms with Crippen LogP contribution >= 0.6 is 0 Å². The number of aliphatic hydroxyl groups is 2. The Hall–Kier alpha value is -2.54. The van der Waals surface area contributed by atoms with Gasteiger partial charge in [-0.1, -0.05) is 0 Å². The van der Waals surface area contributed by atoms with Crippen molar-refractivity contribution in [2.45, 2.75) is 38.7 Å². The molecule has 7 nitrogen and oxygen atoms in total. The van der Waals surface area contributed by atoms with Crippen LogP contribution in [0.1, 0.15) is 38.7 Å². The standard InChI is InChI=1S/C20H26O7/c1-10(21)16-13(23)9-20(3,24)18(11(2)22)17(16)12-7-14(25-4)19(27-6)15(8-12)26-5/h7-8,17-18,23-24H,9H2,1-6H3/t17-,18+,20+/m1/s1. The second kappa shape index (κ2) is 7.60. The second-order valence-corrected chi connectivity index (χ2v) is 6.98. The van der Waals surface area contributed by atoms with Crippen LogP contribution in [0, 0.1) is 5.92 Å². The molecule has 0 radical (unpaired) electrons. The average Bonchev–Trinajstić information content (AvgIpc) is 2.57. The Labute approximate surface area is 158 Å². The number of benzene rings is 1. The van der Waals surface area contributed by atoms with E-state index >= 15 is 0 Å². The number of rotatable bonds is 6. The molecule has 2 rings (SSSR count). The highest BCUT2D eigenvalue weighted by molar-refractivity contribution is 5.97. The number of carbonyl (C=O) groups excluding carboxylic acids is 2. The molecule has 0 aromatic heterocycles. The van der Waals surface area contributed by atoms with E-state index in [1.165, 1.54) is 42.1 Å². The van der Waals surface area contributed by atoms with Gasteiger partial charge in [0.1, 0.15) is 11.5 Å². The van der Waals surface area contributed by atoms with Gasteiger partial charge in [-0.15, -0.1) is 0 Å². The summed E-state index contributed by atoms with van der Waals surface area (Å²) in [6, 6.07) is 3.25. The molecule has 3 atom stereocenters. The molecule has 1 aromatic carbocycles. The van der Waals surface area contributed by atoms with Gasteiger partial charge in [-0.3, -0.25) is 9.59 Å². The van der Waals surface area contributed by atoms with E-state index in [-0.39, 0.29) is 29.3 Å². The Morgan fingerprint density at radius 3 is 1.96 bits per heavy atom. The van der Waals surface area contributed by atoms with Crippen molar-refractivity contribution in [3.05, 3.63) is 29.0 Å². The number of hydrogen-bond acceptors (Lipinski definition) is 7. The van der Waals surface area contributed by atoms with Crippen LogP contribution in [-0.4, -0.2) is 48.7 Å². The minimum Gasteiger partial charge on any atom is -0.512 e. The molecule has 0 aliphatic heterocycles. The van der Waals surface area contributed by atoms with E-state index in [0.717, 1.165) is 0 Å². The molecule has 2 N–H and O–H groups in total. The lowest BCUT2D eigenvalue weighted by molar-refractivity contribution is -0.132. The van der Waals surface area contributed by atoms with E-state index in [9.17, 15) is 19.8 Å².